The molecule has 130 valence electrons. The summed E-state index contributed by atoms with van der Waals surface area (Å²) in [6.07, 6.45) is 0.698. The van der Waals surface area contributed by atoms with E-state index in [9.17, 15) is 4.79 Å². The van der Waals surface area contributed by atoms with Crippen molar-refractivity contribution in [2.75, 3.05) is 20.8 Å². The molecule has 2 rings (SSSR count). The van der Waals surface area contributed by atoms with Crippen LogP contribution in [0.3, 0.4) is 0 Å². The number of rotatable bonds is 7. The van der Waals surface area contributed by atoms with Gasteiger partial charge in [-0.15, -0.1) is 0 Å². The SMILES string of the molecule is COc1ccc(CCNC(=O)Cn2nc(C)c(Cl)c2C)cc1OC. The van der Waals surface area contributed by atoms with Crippen molar-refractivity contribution in [3.63, 3.8) is 0 Å². The van der Waals surface area contributed by atoms with Gasteiger partial charge in [0, 0.05) is 6.54 Å². The molecule has 0 aliphatic rings. The topological polar surface area (TPSA) is 65.4 Å². The molecule has 0 aliphatic heterocycles. The summed E-state index contributed by atoms with van der Waals surface area (Å²) in [5.41, 5.74) is 2.58. The summed E-state index contributed by atoms with van der Waals surface area (Å²) < 4.78 is 12.1. The van der Waals surface area contributed by atoms with Gasteiger partial charge in [0.15, 0.2) is 11.5 Å². The van der Waals surface area contributed by atoms with Gasteiger partial charge in [-0.2, -0.15) is 5.10 Å². The fourth-order valence-corrected chi connectivity index (χ4v) is 2.54. The lowest BCUT2D eigenvalue weighted by Crippen LogP contribution is -2.30. The molecule has 1 amide bonds. The lowest BCUT2D eigenvalue weighted by Gasteiger charge is -2.10. The Hall–Kier alpha value is -2.21. The highest BCUT2D eigenvalue weighted by Crippen LogP contribution is 2.27. The first-order valence-corrected chi connectivity index (χ1v) is 8.01. The van der Waals surface area contributed by atoms with Gasteiger partial charge in [0.05, 0.1) is 30.6 Å². The number of aromatic nitrogens is 2. The summed E-state index contributed by atoms with van der Waals surface area (Å²) in [5, 5.41) is 7.74. The maximum absolute atomic E-state index is 12.0. The van der Waals surface area contributed by atoms with Crippen LogP contribution in [0.5, 0.6) is 11.5 Å². The lowest BCUT2D eigenvalue weighted by atomic mass is 10.1. The van der Waals surface area contributed by atoms with E-state index in [2.05, 4.69) is 10.4 Å². The fraction of sp³-hybridized carbons (Fsp3) is 0.412. The van der Waals surface area contributed by atoms with Gasteiger partial charge in [-0.25, -0.2) is 0 Å². The number of aryl methyl sites for hydroxylation is 1. The van der Waals surface area contributed by atoms with Gasteiger partial charge < -0.3 is 14.8 Å². The van der Waals surface area contributed by atoms with E-state index in [1.165, 1.54) is 0 Å². The normalized spacial score (nSPS) is 10.5. The molecule has 0 saturated carbocycles. The monoisotopic (exact) mass is 351 g/mol. The van der Waals surface area contributed by atoms with Crippen LogP contribution in [0, 0.1) is 13.8 Å². The summed E-state index contributed by atoms with van der Waals surface area (Å²) >= 11 is 6.08. The van der Waals surface area contributed by atoms with Crippen LogP contribution in [0.2, 0.25) is 5.02 Å². The highest BCUT2D eigenvalue weighted by molar-refractivity contribution is 6.31. The van der Waals surface area contributed by atoms with Gasteiger partial charge in [-0.3, -0.25) is 9.48 Å². The second kappa shape index (κ2) is 8.06. The van der Waals surface area contributed by atoms with Crippen LogP contribution in [-0.4, -0.2) is 36.5 Å². The minimum Gasteiger partial charge on any atom is -0.493 e. The molecule has 1 aromatic heterocycles. The van der Waals surface area contributed by atoms with E-state index in [0.717, 1.165) is 17.0 Å². The molecule has 1 heterocycles. The highest BCUT2D eigenvalue weighted by Gasteiger charge is 2.12. The van der Waals surface area contributed by atoms with E-state index in [0.29, 0.717) is 29.5 Å². The van der Waals surface area contributed by atoms with E-state index in [-0.39, 0.29) is 12.5 Å². The molecule has 7 heteroatoms. The number of benzene rings is 1. The molecular weight excluding hydrogens is 330 g/mol. The van der Waals surface area contributed by atoms with Crippen molar-refractivity contribution in [3.05, 3.63) is 40.2 Å². The van der Waals surface area contributed by atoms with Gasteiger partial charge in [0.1, 0.15) is 6.54 Å². The summed E-state index contributed by atoms with van der Waals surface area (Å²) in [4.78, 5) is 12.0. The Balaban J connectivity index is 1.87. The lowest BCUT2D eigenvalue weighted by molar-refractivity contribution is -0.121. The molecule has 0 bridgehead atoms. The maximum Gasteiger partial charge on any atom is 0.241 e. The number of carbonyl (C=O) groups excluding carboxylic acids is 1. The zero-order valence-corrected chi connectivity index (χ0v) is 15.1. The Morgan fingerprint density at radius 2 is 1.96 bits per heavy atom. The number of nitrogens with zero attached hydrogens (tertiary/aromatic N) is 2. The van der Waals surface area contributed by atoms with Crippen LogP contribution >= 0.6 is 11.6 Å². The quantitative estimate of drug-likeness (QED) is 0.832. The Morgan fingerprint density at radius 1 is 1.25 bits per heavy atom. The maximum atomic E-state index is 12.0. The van der Waals surface area contributed by atoms with Crippen LogP contribution in [0.25, 0.3) is 0 Å². The Kier molecular flexibility index (Phi) is 6.09. The Morgan fingerprint density at radius 3 is 2.54 bits per heavy atom. The first kappa shape index (κ1) is 18.1. The largest absolute Gasteiger partial charge is 0.493 e. The molecule has 0 unspecified atom stereocenters. The summed E-state index contributed by atoms with van der Waals surface area (Å²) in [6, 6.07) is 5.72. The molecule has 24 heavy (non-hydrogen) atoms. The summed E-state index contributed by atoms with van der Waals surface area (Å²) in [7, 11) is 3.20. The van der Waals surface area contributed by atoms with Crippen LogP contribution < -0.4 is 14.8 Å². The van der Waals surface area contributed by atoms with Gasteiger partial charge in [0.2, 0.25) is 5.91 Å². The molecule has 0 aliphatic carbocycles. The van der Waals surface area contributed by atoms with Crippen LogP contribution in [-0.2, 0) is 17.8 Å². The molecule has 0 radical (unpaired) electrons. The van der Waals surface area contributed by atoms with Crippen molar-refractivity contribution in [1.82, 2.24) is 15.1 Å². The van der Waals surface area contributed by atoms with E-state index < -0.39 is 0 Å². The fourth-order valence-electron chi connectivity index (χ4n) is 2.40. The summed E-state index contributed by atoms with van der Waals surface area (Å²) in [5.74, 6) is 1.27. The highest BCUT2D eigenvalue weighted by atomic mass is 35.5. The Labute approximate surface area is 146 Å². The molecule has 1 N–H and O–H groups in total. The van der Waals surface area contributed by atoms with Crippen molar-refractivity contribution in [2.45, 2.75) is 26.8 Å². The van der Waals surface area contributed by atoms with Crippen LogP contribution in [0.15, 0.2) is 18.2 Å². The number of hydrogen-bond acceptors (Lipinski definition) is 4. The molecule has 2 aromatic rings. The zero-order chi connectivity index (χ0) is 17.7. The minimum atomic E-state index is -0.0993. The smallest absolute Gasteiger partial charge is 0.241 e. The van der Waals surface area contributed by atoms with E-state index >= 15 is 0 Å². The van der Waals surface area contributed by atoms with Crippen molar-refractivity contribution < 1.29 is 14.3 Å². The zero-order valence-electron chi connectivity index (χ0n) is 14.4. The first-order chi connectivity index (χ1) is 11.5. The molecule has 0 saturated heterocycles. The van der Waals surface area contributed by atoms with Gasteiger partial charge >= 0.3 is 0 Å². The predicted octanol–water partition coefficient (Wildman–Crippen LogP) is 2.53. The number of ether oxygens (including phenoxy) is 2. The van der Waals surface area contributed by atoms with Gasteiger partial charge in [-0.1, -0.05) is 17.7 Å². The third-order valence-electron chi connectivity index (χ3n) is 3.77. The van der Waals surface area contributed by atoms with Gasteiger partial charge in [0.25, 0.3) is 0 Å². The predicted molar refractivity (Wildman–Crippen MR) is 93.0 cm³/mol. The van der Waals surface area contributed by atoms with Crippen molar-refractivity contribution in [2.24, 2.45) is 0 Å². The van der Waals surface area contributed by atoms with Crippen LogP contribution in [0.4, 0.5) is 0 Å². The molecule has 6 nitrogen and oxygen atoms in total. The molecule has 0 spiro atoms. The van der Waals surface area contributed by atoms with E-state index in [1.807, 2.05) is 32.0 Å². The minimum absolute atomic E-state index is 0.0993. The third kappa shape index (κ3) is 4.20. The molecule has 0 fully saturated rings. The van der Waals surface area contributed by atoms with Crippen molar-refractivity contribution in [1.29, 1.82) is 0 Å². The van der Waals surface area contributed by atoms with Crippen molar-refractivity contribution >= 4 is 17.5 Å². The number of amides is 1. The van der Waals surface area contributed by atoms with E-state index in [4.69, 9.17) is 21.1 Å². The average molecular weight is 352 g/mol. The number of nitrogens with one attached hydrogen (secondary N) is 1. The first-order valence-electron chi connectivity index (χ1n) is 7.63. The molecular formula is C17H22ClN3O3. The number of carbonyl (C=O) groups is 1. The molecule has 1 aromatic carbocycles. The van der Waals surface area contributed by atoms with Gasteiger partial charge in [-0.05, 0) is 38.0 Å². The standard InChI is InChI=1S/C17H22ClN3O3/c1-11-17(18)12(2)21(20-11)10-16(22)19-8-7-13-5-6-14(23-3)15(9-13)24-4/h5-6,9H,7-8,10H2,1-4H3,(H,19,22). The van der Waals surface area contributed by atoms with E-state index in [1.54, 1.807) is 18.9 Å². The second-order valence-electron chi connectivity index (χ2n) is 5.43. The number of hydrogen-bond donors (Lipinski definition) is 1. The number of methoxy groups -OCH3 is 2. The average Bonchev–Trinajstić information content (AvgIpc) is 2.81. The second-order valence-corrected chi connectivity index (χ2v) is 5.81. The van der Waals surface area contributed by atoms with Crippen LogP contribution in [0.1, 0.15) is 17.0 Å². The molecule has 0 atom stereocenters. The summed E-state index contributed by atoms with van der Waals surface area (Å²) in [6.45, 7) is 4.35. The Bertz CT molecular complexity index is 728. The van der Waals surface area contributed by atoms with Crippen molar-refractivity contribution in [3.8, 4) is 11.5 Å². The number of halogens is 1. The third-order valence-corrected chi connectivity index (χ3v) is 4.32.